The van der Waals surface area contributed by atoms with Crippen molar-refractivity contribution in [2.45, 2.75) is 71.1 Å². The summed E-state index contributed by atoms with van der Waals surface area (Å²) >= 11 is 0. The first-order valence-electron chi connectivity index (χ1n) is 6.36. The second-order valence-corrected chi connectivity index (χ2v) is 4.02. The van der Waals surface area contributed by atoms with Gasteiger partial charge in [-0.25, -0.2) is 0 Å². The molecule has 0 aromatic carbocycles. The number of rotatable bonds is 10. The van der Waals surface area contributed by atoms with Crippen LogP contribution in [0.4, 0.5) is 0 Å². The van der Waals surface area contributed by atoms with Crippen LogP contribution in [-0.2, 0) is 0 Å². The Kier molecular flexibility index (Phi) is 29.1. The Morgan fingerprint density at radius 1 is 0.812 bits per heavy atom. The van der Waals surface area contributed by atoms with Gasteiger partial charge in [0.25, 0.3) is 0 Å². The van der Waals surface area contributed by atoms with Gasteiger partial charge in [0, 0.05) is 0 Å². The van der Waals surface area contributed by atoms with Crippen LogP contribution in [0, 0.1) is 6.92 Å². The number of hydrogen-bond acceptors (Lipinski definition) is 0. The third kappa shape index (κ3) is 20.2. The van der Waals surface area contributed by atoms with E-state index < -0.39 is 0 Å². The molecule has 0 aliphatic carbocycles. The van der Waals surface area contributed by atoms with Gasteiger partial charge in [-0.2, -0.15) is 6.42 Å². The van der Waals surface area contributed by atoms with Crippen LogP contribution in [0.1, 0.15) is 71.1 Å². The van der Waals surface area contributed by atoms with Crippen LogP contribution in [-0.4, -0.2) is 23.1 Å². The van der Waals surface area contributed by atoms with Crippen LogP contribution in [0.25, 0.3) is 0 Å². The second-order valence-electron chi connectivity index (χ2n) is 4.02. The summed E-state index contributed by atoms with van der Waals surface area (Å²) in [6.07, 6.45) is 18.0. The van der Waals surface area contributed by atoms with Gasteiger partial charge in [0.05, 0.1) is 0 Å². The van der Waals surface area contributed by atoms with Crippen molar-refractivity contribution in [3.05, 3.63) is 19.1 Å². The molecule has 0 saturated heterocycles. The van der Waals surface area contributed by atoms with Gasteiger partial charge in [-0.15, -0.1) is 6.08 Å². The SMILES string of the molecule is [CH2-]C/C=C\CCCCCCCCCC.[Cl-].[Mg+2]. The molecule has 0 aromatic heterocycles. The first-order chi connectivity index (χ1) is 6.91. The quantitative estimate of drug-likeness (QED) is 0.242. The van der Waals surface area contributed by atoms with Crippen LogP contribution in [0.5, 0.6) is 0 Å². The van der Waals surface area contributed by atoms with Crippen molar-refractivity contribution in [2.75, 3.05) is 0 Å². The Morgan fingerprint density at radius 3 is 1.81 bits per heavy atom. The zero-order valence-electron chi connectivity index (χ0n) is 11.0. The van der Waals surface area contributed by atoms with E-state index in [1.54, 1.807) is 0 Å². The smallest absolute Gasteiger partial charge is 1.00 e. The van der Waals surface area contributed by atoms with E-state index in [2.05, 4.69) is 26.0 Å². The van der Waals surface area contributed by atoms with Crippen molar-refractivity contribution < 1.29 is 12.4 Å². The molecule has 92 valence electrons. The summed E-state index contributed by atoms with van der Waals surface area (Å²) < 4.78 is 0. The molecule has 0 aliphatic heterocycles. The van der Waals surface area contributed by atoms with Gasteiger partial charge >= 0.3 is 23.1 Å². The summed E-state index contributed by atoms with van der Waals surface area (Å²) in [5.41, 5.74) is 0. The minimum absolute atomic E-state index is 0. The maximum absolute atomic E-state index is 3.77. The van der Waals surface area contributed by atoms with Gasteiger partial charge in [0.15, 0.2) is 0 Å². The molecule has 0 atom stereocenters. The van der Waals surface area contributed by atoms with Gasteiger partial charge in [0.1, 0.15) is 0 Å². The van der Waals surface area contributed by atoms with Crippen molar-refractivity contribution in [3.8, 4) is 0 Å². The number of halogens is 1. The molecule has 2 heteroatoms. The van der Waals surface area contributed by atoms with E-state index in [0.717, 1.165) is 6.42 Å². The summed E-state index contributed by atoms with van der Waals surface area (Å²) in [5.74, 6) is 0. The van der Waals surface area contributed by atoms with E-state index in [1.807, 2.05) is 0 Å². The Labute approximate surface area is 125 Å². The predicted octanol–water partition coefficient (Wildman–Crippen LogP) is 1.92. The molecule has 0 saturated carbocycles. The van der Waals surface area contributed by atoms with E-state index in [0.29, 0.717) is 0 Å². The van der Waals surface area contributed by atoms with Crippen molar-refractivity contribution in [3.63, 3.8) is 0 Å². The topological polar surface area (TPSA) is 0 Å². The maximum atomic E-state index is 3.77. The fourth-order valence-electron chi connectivity index (χ4n) is 1.63. The molecule has 0 amide bonds. The van der Waals surface area contributed by atoms with Crippen molar-refractivity contribution in [1.29, 1.82) is 0 Å². The number of allylic oxidation sites excluding steroid dienone is 2. The van der Waals surface area contributed by atoms with Crippen molar-refractivity contribution in [2.24, 2.45) is 0 Å². The fraction of sp³-hybridized carbons (Fsp3) is 0.786. The van der Waals surface area contributed by atoms with Gasteiger partial charge in [-0.05, 0) is 12.8 Å². The van der Waals surface area contributed by atoms with Gasteiger partial charge < -0.3 is 19.3 Å². The molecule has 0 rings (SSSR count). The second kappa shape index (κ2) is 21.1. The molecule has 0 spiro atoms. The maximum Gasteiger partial charge on any atom is 2.00 e. The summed E-state index contributed by atoms with van der Waals surface area (Å²) in [6, 6.07) is 0. The summed E-state index contributed by atoms with van der Waals surface area (Å²) in [4.78, 5) is 0. The minimum Gasteiger partial charge on any atom is -1.00 e. The zero-order chi connectivity index (χ0) is 10.5. The number of unbranched alkanes of at least 4 members (excludes halogenated alkanes) is 8. The molecule has 0 N–H and O–H groups in total. The average molecular weight is 255 g/mol. The molecular weight excluding hydrogens is 228 g/mol. The summed E-state index contributed by atoms with van der Waals surface area (Å²) in [5, 5.41) is 0. The first kappa shape index (κ1) is 22.0. The molecule has 0 aliphatic rings. The Morgan fingerprint density at radius 2 is 1.31 bits per heavy atom. The van der Waals surface area contributed by atoms with Gasteiger partial charge in [-0.1, -0.05) is 57.9 Å². The normalized spacial score (nSPS) is 9.88. The fourth-order valence-corrected chi connectivity index (χ4v) is 1.63. The first-order valence-corrected chi connectivity index (χ1v) is 6.36. The van der Waals surface area contributed by atoms with Crippen molar-refractivity contribution >= 4 is 23.1 Å². The molecule has 0 radical (unpaired) electrons. The van der Waals surface area contributed by atoms with Crippen LogP contribution in [0.15, 0.2) is 12.2 Å². The summed E-state index contributed by atoms with van der Waals surface area (Å²) in [7, 11) is 0. The zero-order valence-corrected chi connectivity index (χ0v) is 13.2. The minimum atomic E-state index is 0. The molecule has 0 bridgehead atoms. The molecular formula is C14H27ClMg. The van der Waals surface area contributed by atoms with Crippen LogP contribution >= 0.6 is 0 Å². The average Bonchev–Trinajstić information content (AvgIpc) is 2.21. The predicted molar refractivity (Wildman–Crippen MR) is 72.1 cm³/mol. The summed E-state index contributed by atoms with van der Waals surface area (Å²) in [6.45, 7) is 6.05. The van der Waals surface area contributed by atoms with Crippen LogP contribution < -0.4 is 12.4 Å². The largest absolute Gasteiger partial charge is 2.00 e. The van der Waals surface area contributed by atoms with Crippen molar-refractivity contribution in [1.82, 2.24) is 0 Å². The molecule has 16 heavy (non-hydrogen) atoms. The molecule has 0 heterocycles. The van der Waals surface area contributed by atoms with Gasteiger partial charge in [0.2, 0.25) is 0 Å². The van der Waals surface area contributed by atoms with E-state index in [9.17, 15) is 0 Å². The number of hydrogen-bond donors (Lipinski definition) is 0. The standard InChI is InChI=1S/C14H27.ClH.Mg/c1-3-5-7-9-11-13-14-12-10-8-6-4-2;;/h5,7H,1,3-4,6,8-14H2,2H3;1H;/q-1;;+2/p-1/b7-5-;;. The molecule has 0 nitrogen and oxygen atoms in total. The van der Waals surface area contributed by atoms with E-state index in [1.165, 1.54) is 57.8 Å². The molecule has 0 unspecified atom stereocenters. The Balaban J connectivity index is -0.000000845. The third-order valence-electron chi connectivity index (χ3n) is 2.56. The monoisotopic (exact) mass is 254 g/mol. The molecule has 0 aromatic rings. The third-order valence-corrected chi connectivity index (χ3v) is 2.56. The van der Waals surface area contributed by atoms with E-state index in [4.69, 9.17) is 0 Å². The van der Waals surface area contributed by atoms with Gasteiger partial charge in [-0.3, -0.25) is 0 Å². The molecule has 0 fully saturated rings. The Hall–Kier alpha value is 0.796. The Bertz CT molecular complexity index is 124. The van der Waals surface area contributed by atoms with E-state index in [-0.39, 0.29) is 35.5 Å². The van der Waals surface area contributed by atoms with Crippen LogP contribution in [0.3, 0.4) is 0 Å². The van der Waals surface area contributed by atoms with E-state index >= 15 is 0 Å². The van der Waals surface area contributed by atoms with Crippen LogP contribution in [0.2, 0.25) is 0 Å².